The fraction of sp³-hybridized carbons (Fsp3) is 0. The summed E-state index contributed by atoms with van der Waals surface area (Å²) in [4.78, 5) is 0. The van der Waals surface area contributed by atoms with Crippen molar-refractivity contribution in [2.24, 2.45) is 0 Å². The smallest absolute Gasteiger partial charge is 0 e. The van der Waals surface area contributed by atoms with Gasteiger partial charge in [-0.25, -0.2) is 0 Å². The van der Waals surface area contributed by atoms with Crippen LogP contribution in [0, 0.1) is 0 Å². The second-order valence-electron chi connectivity index (χ2n) is 1.77. The Balaban J connectivity index is -0.000000256. The van der Waals surface area contributed by atoms with Crippen molar-refractivity contribution in [1.82, 2.24) is 0 Å². The summed E-state index contributed by atoms with van der Waals surface area (Å²) in [6.07, 6.45) is 0. The molecule has 19 heavy (non-hydrogen) atoms. The number of hydrogen-bond acceptors (Lipinski definition) is 14. The minimum Gasteiger partial charge on any atom is 0 e. The first-order valence-corrected chi connectivity index (χ1v) is 11.0. The van der Waals surface area contributed by atoms with Gasteiger partial charge in [0.15, 0.2) is 0 Å². The molecule has 0 unspecified atom stereocenters. The van der Waals surface area contributed by atoms with Crippen molar-refractivity contribution in [2.45, 2.75) is 0 Å². The summed E-state index contributed by atoms with van der Waals surface area (Å²) >= 11 is -24.3. The zero-order chi connectivity index (χ0) is 15.4. The summed E-state index contributed by atoms with van der Waals surface area (Å²) in [7, 11) is 0. The average molecular weight is 618 g/mol. The molecule has 0 N–H and O–H groups in total. The third-order valence-electron chi connectivity index (χ3n) is 0.333. The van der Waals surface area contributed by atoms with E-state index in [1.165, 1.54) is 0 Å². The molecule has 0 aliphatic rings. The molecule has 0 atom stereocenters. The summed E-state index contributed by atoms with van der Waals surface area (Å²) in [6.45, 7) is 0. The monoisotopic (exact) mass is 619 g/mol. The van der Waals surface area contributed by atoms with E-state index in [-0.39, 0.29) is 20.4 Å². The van der Waals surface area contributed by atoms with Crippen LogP contribution in [0.5, 0.6) is 0 Å². The Morgan fingerprint density at radius 2 is 0.579 bits per heavy atom. The van der Waals surface area contributed by atoms with Gasteiger partial charge in [-0.2, -0.15) is 0 Å². The van der Waals surface area contributed by atoms with Crippen LogP contribution in [0.25, 0.3) is 0 Å². The van der Waals surface area contributed by atoms with Gasteiger partial charge in [-0.1, -0.05) is 0 Å². The van der Waals surface area contributed by atoms with Gasteiger partial charge < -0.3 is 0 Å². The van der Waals surface area contributed by atoms with Crippen molar-refractivity contribution in [3.8, 4) is 0 Å². The number of rotatable bonds is 4. The minimum atomic E-state index is -6.07. The topological polar surface area (TPSA) is 247 Å². The summed E-state index contributed by atoms with van der Waals surface area (Å²) in [5.41, 5.74) is 0. The molecule has 0 amide bonds. The van der Waals surface area contributed by atoms with Crippen LogP contribution in [-0.2, 0) is 111 Å². The van der Waals surface area contributed by atoms with Crippen molar-refractivity contribution in [3.05, 3.63) is 0 Å². The van der Waals surface area contributed by atoms with E-state index >= 15 is 0 Å². The maximum atomic E-state index is 9.38. The Kier molecular flexibility index (Phi) is 11.0. The molecule has 0 aliphatic carbocycles. The Bertz CT molecular complexity index is 532. The van der Waals surface area contributed by atoms with Crippen LogP contribution in [0.1, 0.15) is 0 Å². The molecule has 1 radical (unpaired) electrons. The van der Waals surface area contributed by atoms with E-state index in [1.807, 2.05) is 0 Å². The molecule has 0 aromatic rings. The van der Waals surface area contributed by atoms with Crippen LogP contribution in [0.2, 0.25) is 0 Å². The quantitative estimate of drug-likeness (QED) is 0.285. The Hall–Kier alpha value is 0.952. The molecule has 19 heteroatoms. The molecule has 0 rings (SSSR count). The Morgan fingerprint density at radius 1 is 0.474 bits per heavy atom. The Labute approximate surface area is 126 Å². The molecule has 0 aromatic carbocycles. The van der Waals surface area contributed by atoms with Gasteiger partial charge in [0, 0.05) is 20.4 Å². The standard InChI is InChI=1S/4Cr.14O.Re/q;;;;;;;;;;;;;;4*-1;. The van der Waals surface area contributed by atoms with Gasteiger partial charge in [0.25, 0.3) is 0 Å². The van der Waals surface area contributed by atoms with Crippen LogP contribution < -0.4 is 16.6 Å². The molecule has 0 saturated carbocycles. The van der Waals surface area contributed by atoms with Gasteiger partial charge in [0.05, 0.1) is 0 Å². The molecule has 14 nitrogen and oxygen atoms in total. The second kappa shape index (κ2) is 8.41. The summed E-state index contributed by atoms with van der Waals surface area (Å²) in [6, 6.07) is 0. The molecule has 0 saturated heterocycles. The van der Waals surface area contributed by atoms with Gasteiger partial charge in [-0.05, 0) is 0 Å². The van der Waals surface area contributed by atoms with E-state index in [0.717, 1.165) is 0 Å². The normalized spacial score (nSPS) is 12.8. The zero-order valence-electron chi connectivity index (χ0n) is 7.73. The van der Waals surface area contributed by atoms with E-state index < -0.39 is 54.5 Å². The van der Waals surface area contributed by atoms with Crippen molar-refractivity contribution in [1.29, 1.82) is 0 Å². The van der Waals surface area contributed by atoms with Gasteiger partial charge in [-0.15, -0.1) is 0 Å². The third kappa shape index (κ3) is 32.5. The van der Waals surface area contributed by atoms with Crippen molar-refractivity contribution >= 4 is 0 Å². The molecule has 0 heterocycles. The van der Waals surface area contributed by atoms with Crippen molar-refractivity contribution in [3.63, 3.8) is 0 Å². The SMILES string of the molecule is [O]=[Cr](=[O])([O-])[O][Cr](=[O])(=[O])[O-].[O]=[Cr](=[O])([O-])[O][Cr](=[O])(=[O])[O-].[Re]. The van der Waals surface area contributed by atoms with E-state index in [2.05, 4.69) is 5.68 Å². The molecular weight excluding hydrogens is 618 g/mol. The molecule has 119 valence electrons. The minimum absolute atomic E-state index is 0. The van der Waals surface area contributed by atoms with Crippen molar-refractivity contribution < 1.29 is 128 Å². The summed E-state index contributed by atoms with van der Waals surface area (Å²) < 4.78 is 118. The summed E-state index contributed by atoms with van der Waals surface area (Å²) in [5, 5.41) is 0. The van der Waals surface area contributed by atoms with Gasteiger partial charge in [0.1, 0.15) is 0 Å². The van der Waals surface area contributed by atoms with E-state index in [0.29, 0.717) is 0 Å². The molecule has 0 spiro atoms. The first-order chi connectivity index (χ1) is 7.41. The predicted octanol–water partition coefficient (Wildman–Crippen LogP) is -5.86. The Morgan fingerprint density at radius 3 is 0.579 bits per heavy atom. The maximum Gasteiger partial charge on any atom is 0 e. The first-order valence-electron chi connectivity index (χ1n) is 2.67. The molecule has 0 fully saturated rings. The van der Waals surface area contributed by atoms with Gasteiger partial charge in [-0.3, -0.25) is 0 Å². The van der Waals surface area contributed by atoms with Crippen LogP contribution in [0.15, 0.2) is 0 Å². The van der Waals surface area contributed by atoms with Gasteiger partial charge >= 0.3 is 107 Å². The molecule has 0 bridgehead atoms. The van der Waals surface area contributed by atoms with E-state index in [1.54, 1.807) is 0 Å². The largest absolute Gasteiger partial charge is 0 e. The maximum absolute atomic E-state index is 9.38. The molecule has 0 aromatic heterocycles. The van der Waals surface area contributed by atoms with Crippen molar-refractivity contribution in [2.75, 3.05) is 0 Å². The first kappa shape index (κ1) is 24.9. The zero-order valence-corrected chi connectivity index (χ0v) is 15.5. The fourth-order valence-electron chi connectivity index (χ4n) is 0.204. The third-order valence-corrected chi connectivity index (χ3v) is 5.67. The predicted molar refractivity (Wildman–Crippen MR) is 7.66 cm³/mol. The van der Waals surface area contributed by atoms with Crippen LogP contribution in [-0.4, -0.2) is 0 Å². The van der Waals surface area contributed by atoms with Gasteiger partial charge in [0.2, 0.25) is 0 Å². The second-order valence-corrected chi connectivity index (χ2v) is 9.05. The van der Waals surface area contributed by atoms with E-state index in [9.17, 15) is 47.1 Å². The average Bonchev–Trinajstić information content (AvgIpc) is 1.64. The number of hydrogen-bond donors (Lipinski definition) is 0. The van der Waals surface area contributed by atoms with Crippen LogP contribution in [0.3, 0.4) is 0 Å². The summed E-state index contributed by atoms with van der Waals surface area (Å²) in [5.74, 6) is 0. The molecular formula is Cr4O14Re-4. The van der Waals surface area contributed by atoms with Crippen LogP contribution >= 0.6 is 0 Å². The van der Waals surface area contributed by atoms with E-state index in [4.69, 9.17) is 0 Å². The van der Waals surface area contributed by atoms with Crippen LogP contribution in [0.4, 0.5) is 0 Å². The molecule has 0 aliphatic heterocycles. The fourth-order valence-corrected chi connectivity index (χ4v) is 3.47.